The molecule has 0 unspecified atom stereocenters. The quantitative estimate of drug-likeness (QED) is 0.205. The lowest BCUT2D eigenvalue weighted by Crippen LogP contribution is -2.00. The van der Waals surface area contributed by atoms with E-state index in [-0.39, 0.29) is 0 Å². The number of fused-ring (bicyclic) bond motifs is 9. The van der Waals surface area contributed by atoms with Gasteiger partial charge in [0, 0.05) is 38.3 Å². The van der Waals surface area contributed by atoms with Crippen LogP contribution in [0.2, 0.25) is 0 Å². The number of para-hydroxylation sites is 4. The Labute approximate surface area is 259 Å². The maximum absolute atomic E-state index is 6.50. The molecule has 9 aromatic rings. The van der Waals surface area contributed by atoms with Gasteiger partial charge in [-0.2, -0.15) is 0 Å². The lowest BCUT2D eigenvalue weighted by molar-refractivity contribution is 0.665. The first-order valence-electron chi connectivity index (χ1n) is 15.7. The first kappa shape index (κ1) is 24.6. The highest BCUT2D eigenvalue weighted by molar-refractivity contribution is 6.11. The maximum atomic E-state index is 6.50. The zero-order valence-corrected chi connectivity index (χ0v) is 24.6. The van der Waals surface area contributed by atoms with E-state index in [1.807, 2.05) is 6.07 Å². The summed E-state index contributed by atoms with van der Waals surface area (Å²) in [5, 5.41) is 6.16. The second kappa shape index (κ2) is 9.35. The summed E-state index contributed by atoms with van der Waals surface area (Å²) in [7, 11) is 0. The molecule has 3 nitrogen and oxygen atoms in total. The second-order valence-corrected chi connectivity index (χ2v) is 12.0. The summed E-state index contributed by atoms with van der Waals surface area (Å²) in [6.07, 6.45) is 6.67. The SMILES string of the molecule is C1=Cc2c(c3cc(-c4ccc5c(c4)c4ccccc4n5-c4ccccc4)ccc3n2-c2cccc3c2oc2ccccc23)CC1. The highest BCUT2D eigenvalue weighted by Gasteiger charge is 2.22. The number of nitrogens with zero attached hydrogens (tertiary/aromatic N) is 2. The highest BCUT2D eigenvalue weighted by Crippen LogP contribution is 2.41. The van der Waals surface area contributed by atoms with Crippen LogP contribution in [0.5, 0.6) is 0 Å². The van der Waals surface area contributed by atoms with Crippen molar-refractivity contribution >= 4 is 60.7 Å². The van der Waals surface area contributed by atoms with E-state index < -0.39 is 0 Å². The predicted molar refractivity (Wildman–Crippen MR) is 188 cm³/mol. The first-order valence-corrected chi connectivity index (χ1v) is 15.7. The van der Waals surface area contributed by atoms with Crippen molar-refractivity contribution in [2.24, 2.45) is 0 Å². The Morgan fingerprint density at radius 3 is 2.07 bits per heavy atom. The summed E-state index contributed by atoms with van der Waals surface area (Å²) in [4.78, 5) is 0. The van der Waals surface area contributed by atoms with Crippen LogP contribution in [-0.4, -0.2) is 9.13 Å². The van der Waals surface area contributed by atoms with Crippen molar-refractivity contribution < 1.29 is 4.42 Å². The zero-order chi connectivity index (χ0) is 29.5. The van der Waals surface area contributed by atoms with Crippen molar-refractivity contribution in [1.29, 1.82) is 0 Å². The van der Waals surface area contributed by atoms with Gasteiger partial charge in [0.1, 0.15) is 5.58 Å². The normalized spacial score (nSPS) is 13.1. The summed E-state index contributed by atoms with van der Waals surface area (Å²) < 4.78 is 11.3. The molecule has 1 aliphatic carbocycles. The van der Waals surface area contributed by atoms with Gasteiger partial charge < -0.3 is 13.6 Å². The van der Waals surface area contributed by atoms with Gasteiger partial charge in [0.25, 0.3) is 0 Å². The number of hydrogen-bond acceptors (Lipinski definition) is 1. The Bertz CT molecular complexity index is 2650. The molecule has 0 spiro atoms. The monoisotopic (exact) mass is 576 g/mol. The van der Waals surface area contributed by atoms with Crippen molar-refractivity contribution in [2.75, 3.05) is 0 Å². The predicted octanol–water partition coefficient (Wildman–Crippen LogP) is 11.3. The topological polar surface area (TPSA) is 23.0 Å². The average Bonchev–Trinajstić information content (AvgIpc) is 3.76. The number of furan rings is 1. The Morgan fingerprint density at radius 1 is 0.511 bits per heavy atom. The van der Waals surface area contributed by atoms with Gasteiger partial charge in [0.2, 0.25) is 0 Å². The number of aromatic nitrogens is 2. The largest absolute Gasteiger partial charge is 0.454 e. The highest BCUT2D eigenvalue weighted by atomic mass is 16.3. The van der Waals surface area contributed by atoms with E-state index in [4.69, 9.17) is 4.42 Å². The molecule has 45 heavy (non-hydrogen) atoms. The Morgan fingerprint density at radius 2 is 1.20 bits per heavy atom. The fraction of sp³-hybridized carbons (Fsp3) is 0.0476. The lowest BCUT2D eigenvalue weighted by Gasteiger charge is -2.12. The molecule has 0 amide bonds. The average molecular weight is 577 g/mol. The van der Waals surface area contributed by atoms with Crippen LogP contribution in [0.25, 0.3) is 83.2 Å². The number of aryl methyl sites for hydroxylation is 1. The maximum Gasteiger partial charge on any atom is 0.159 e. The van der Waals surface area contributed by atoms with E-state index >= 15 is 0 Å². The van der Waals surface area contributed by atoms with Gasteiger partial charge in [0.15, 0.2) is 5.58 Å². The number of allylic oxidation sites excluding steroid dienone is 1. The smallest absolute Gasteiger partial charge is 0.159 e. The van der Waals surface area contributed by atoms with Crippen LogP contribution in [-0.2, 0) is 6.42 Å². The number of benzene rings is 6. The molecule has 6 aromatic carbocycles. The van der Waals surface area contributed by atoms with Crippen molar-refractivity contribution in [1.82, 2.24) is 9.13 Å². The Hall–Kier alpha value is -5.80. The van der Waals surface area contributed by atoms with Crippen molar-refractivity contribution in [3.63, 3.8) is 0 Å². The molecule has 10 rings (SSSR count). The van der Waals surface area contributed by atoms with E-state index in [1.165, 1.54) is 60.8 Å². The van der Waals surface area contributed by atoms with Gasteiger partial charge in [-0.1, -0.05) is 84.9 Å². The molecule has 0 aliphatic heterocycles. The molecule has 212 valence electrons. The van der Waals surface area contributed by atoms with Gasteiger partial charge in [-0.15, -0.1) is 0 Å². The molecule has 0 saturated heterocycles. The summed E-state index contributed by atoms with van der Waals surface area (Å²) >= 11 is 0. The minimum Gasteiger partial charge on any atom is -0.454 e. The van der Waals surface area contributed by atoms with Gasteiger partial charge >= 0.3 is 0 Å². The van der Waals surface area contributed by atoms with Gasteiger partial charge in [-0.3, -0.25) is 0 Å². The molecule has 3 aromatic heterocycles. The van der Waals surface area contributed by atoms with E-state index in [0.29, 0.717) is 0 Å². The molecule has 3 heteroatoms. The molecule has 0 fully saturated rings. The minimum atomic E-state index is 0.923. The van der Waals surface area contributed by atoms with Crippen molar-refractivity contribution in [3.8, 4) is 22.5 Å². The van der Waals surface area contributed by atoms with E-state index in [0.717, 1.165) is 40.5 Å². The van der Waals surface area contributed by atoms with Crippen LogP contribution in [0.15, 0.2) is 144 Å². The third-order valence-electron chi connectivity index (χ3n) is 9.59. The summed E-state index contributed by atoms with van der Waals surface area (Å²) in [6, 6.07) is 48.1. The first-order chi connectivity index (χ1) is 22.3. The number of rotatable bonds is 3. The van der Waals surface area contributed by atoms with E-state index in [2.05, 4.69) is 149 Å². The molecule has 0 bridgehead atoms. The fourth-order valence-corrected chi connectivity index (χ4v) is 7.59. The fourth-order valence-electron chi connectivity index (χ4n) is 7.59. The molecule has 0 atom stereocenters. The second-order valence-electron chi connectivity index (χ2n) is 12.0. The van der Waals surface area contributed by atoms with Crippen molar-refractivity contribution in [3.05, 3.63) is 151 Å². The van der Waals surface area contributed by atoms with Gasteiger partial charge in [-0.25, -0.2) is 0 Å². The van der Waals surface area contributed by atoms with E-state index in [1.54, 1.807) is 0 Å². The van der Waals surface area contributed by atoms with Crippen LogP contribution in [0, 0.1) is 0 Å². The summed E-state index contributed by atoms with van der Waals surface area (Å²) in [5.74, 6) is 0. The zero-order valence-electron chi connectivity index (χ0n) is 24.6. The van der Waals surface area contributed by atoms with Crippen LogP contribution >= 0.6 is 0 Å². The molecule has 0 radical (unpaired) electrons. The molecule has 0 N–H and O–H groups in total. The summed E-state index contributed by atoms with van der Waals surface area (Å²) in [5.41, 5.74) is 12.9. The van der Waals surface area contributed by atoms with Gasteiger partial charge in [-0.05, 0) is 90.2 Å². The molecule has 3 heterocycles. The van der Waals surface area contributed by atoms with Crippen LogP contribution in [0.3, 0.4) is 0 Å². The van der Waals surface area contributed by atoms with Crippen LogP contribution < -0.4 is 0 Å². The lowest BCUT2D eigenvalue weighted by atomic mass is 9.97. The minimum absolute atomic E-state index is 0.923. The van der Waals surface area contributed by atoms with Crippen molar-refractivity contribution in [2.45, 2.75) is 12.8 Å². The third kappa shape index (κ3) is 3.52. The summed E-state index contributed by atoms with van der Waals surface area (Å²) in [6.45, 7) is 0. The Kier molecular flexibility index (Phi) is 5.11. The van der Waals surface area contributed by atoms with E-state index in [9.17, 15) is 0 Å². The molecular formula is C42H28N2O. The molecule has 1 aliphatic rings. The standard InChI is InChI=1S/C42H28N2O/c1-2-11-29(12-3-1)43-36-17-7-4-13-30(36)34-25-27(21-23-38(34)43)28-22-24-39-35(26-28)31-14-5-8-18-37(31)44(39)40-19-10-16-33-32-15-6-9-20-41(32)45-42(33)40/h1-4,6-13,15-26H,5,14H2. The van der Waals surface area contributed by atoms with Gasteiger partial charge in [0.05, 0.1) is 22.2 Å². The molecular weight excluding hydrogens is 548 g/mol. The number of hydrogen-bond donors (Lipinski definition) is 0. The van der Waals surface area contributed by atoms with Crippen LogP contribution in [0.1, 0.15) is 17.7 Å². The third-order valence-corrected chi connectivity index (χ3v) is 9.59. The van der Waals surface area contributed by atoms with Crippen LogP contribution in [0.4, 0.5) is 0 Å². The molecule has 0 saturated carbocycles. The Balaban J connectivity index is 1.19.